The van der Waals surface area contributed by atoms with Crippen molar-refractivity contribution < 1.29 is 13.2 Å². The lowest BCUT2D eigenvalue weighted by atomic mass is 10.2. The molecule has 0 bridgehead atoms. The van der Waals surface area contributed by atoms with Crippen LogP contribution in [-0.4, -0.2) is 20.9 Å². The van der Waals surface area contributed by atoms with Crippen LogP contribution in [0.2, 0.25) is 0 Å². The number of rotatable bonds is 3. The van der Waals surface area contributed by atoms with Crippen LogP contribution < -0.4 is 5.32 Å². The molecule has 0 aliphatic rings. The zero-order valence-electron chi connectivity index (χ0n) is 8.33. The van der Waals surface area contributed by atoms with Gasteiger partial charge in [-0.2, -0.15) is 0 Å². The second kappa shape index (κ2) is 5.16. The van der Waals surface area contributed by atoms with Crippen molar-refractivity contribution in [1.29, 1.82) is 0 Å². The predicted octanol–water partition coefficient (Wildman–Crippen LogP) is 2.13. The van der Waals surface area contributed by atoms with Gasteiger partial charge in [0.05, 0.1) is 4.90 Å². The Kier molecular flexibility index (Phi) is 4.35. The summed E-state index contributed by atoms with van der Waals surface area (Å²) >= 11 is 3.12. The van der Waals surface area contributed by atoms with Gasteiger partial charge in [-0.1, -0.05) is 15.9 Å². The van der Waals surface area contributed by atoms with Crippen LogP contribution in [-0.2, 0) is 9.05 Å². The fourth-order valence-electron chi connectivity index (χ4n) is 1.10. The smallest absolute Gasteiger partial charge is 0.261 e. The van der Waals surface area contributed by atoms with Gasteiger partial charge in [-0.3, -0.25) is 4.79 Å². The molecule has 0 unspecified atom stereocenters. The molecule has 0 spiro atoms. The molecule has 88 valence electrons. The van der Waals surface area contributed by atoms with E-state index >= 15 is 0 Å². The first kappa shape index (κ1) is 13.5. The summed E-state index contributed by atoms with van der Waals surface area (Å²) in [6.45, 7) is 2.24. The van der Waals surface area contributed by atoms with Gasteiger partial charge >= 0.3 is 0 Å². The lowest BCUT2D eigenvalue weighted by molar-refractivity contribution is 0.0955. The van der Waals surface area contributed by atoms with Crippen LogP contribution in [0.4, 0.5) is 0 Å². The highest BCUT2D eigenvalue weighted by Gasteiger charge is 2.14. The first-order valence-corrected chi connectivity index (χ1v) is 7.48. The van der Waals surface area contributed by atoms with Gasteiger partial charge in [-0.25, -0.2) is 8.42 Å². The van der Waals surface area contributed by atoms with Crippen LogP contribution in [0.15, 0.2) is 27.6 Å². The molecule has 0 saturated carbocycles. The minimum atomic E-state index is -3.83. The van der Waals surface area contributed by atoms with Gasteiger partial charge in [0.25, 0.3) is 15.0 Å². The molecule has 0 radical (unpaired) electrons. The molecule has 0 atom stereocenters. The highest BCUT2D eigenvalue weighted by Crippen LogP contribution is 2.22. The molecule has 0 aliphatic carbocycles. The van der Waals surface area contributed by atoms with Crippen LogP contribution in [0.25, 0.3) is 0 Å². The van der Waals surface area contributed by atoms with E-state index < -0.39 is 9.05 Å². The minimum Gasteiger partial charge on any atom is -0.352 e. The standard InChI is InChI=1S/C9H9BrClNO3S/c1-2-12-9(13)6-3-7(10)5-8(4-6)16(11,14)15/h3-5H,2H2,1H3,(H,12,13). The molecule has 16 heavy (non-hydrogen) atoms. The van der Waals surface area contributed by atoms with Crippen molar-refractivity contribution in [2.45, 2.75) is 11.8 Å². The van der Waals surface area contributed by atoms with Gasteiger partial charge < -0.3 is 5.32 Å². The van der Waals surface area contributed by atoms with E-state index in [0.29, 0.717) is 11.0 Å². The summed E-state index contributed by atoms with van der Waals surface area (Å²) in [4.78, 5) is 11.4. The van der Waals surface area contributed by atoms with E-state index in [1.807, 2.05) is 0 Å². The Morgan fingerprint density at radius 3 is 2.56 bits per heavy atom. The number of benzene rings is 1. The molecule has 1 aromatic rings. The van der Waals surface area contributed by atoms with Crippen LogP contribution in [0.1, 0.15) is 17.3 Å². The summed E-state index contributed by atoms with van der Waals surface area (Å²) < 4.78 is 22.7. The number of hydrogen-bond donors (Lipinski definition) is 1. The van der Waals surface area contributed by atoms with Crippen molar-refractivity contribution in [3.05, 3.63) is 28.2 Å². The number of halogens is 2. The van der Waals surface area contributed by atoms with Crippen LogP contribution in [0.3, 0.4) is 0 Å². The van der Waals surface area contributed by atoms with E-state index in [-0.39, 0.29) is 16.4 Å². The van der Waals surface area contributed by atoms with Gasteiger partial charge in [0.2, 0.25) is 0 Å². The number of nitrogens with one attached hydrogen (secondary N) is 1. The fourth-order valence-corrected chi connectivity index (χ4v) is 2.54. The van der Waals surface area contributed by atoms with E-state index in [2.05, 4.69) is 21.2 Å². The van der Waals surface area contributed by atoms with Crippen molar-refractivity contribution in [2.24, 2.45) is 0 Å². The van der Waals surface area contributed by atoms with E-state index in [1.54, 1.807) is 6.92 Å². The van der Waals surface area contributed by atoms with Crippen molar-refractivity contribution >= 4 is 41.6 Å². The molecular weight excluding hydrogens is 318 g/mol. The second-order valence-corrected chi connectivity index (χ2v) is 6.45. The largest absolute Gasteiger partial charge is 0.352 e. The Morgan fingerprint density at radius 1 is 1.44 bits per heavy atom. The summed E-state index contributed by atoms with van der Waals surface area (Å²) in [7, 11) is 1.37. The SMILES string of the molecule is CCNC(=O)c1cc(Br)cc(S(=O)(=O)Cl)c1. The molecule has 1 rings (SSSR count). The second-order valence-electron chi connectivity index (χ2n) is 2.97. The van der Waals surface area contributed by atoms with Crippen LogP contribution in [0.5, 0.6) is 0 Å². The maximum Gasteiger partial charge on any atom is 0.261 e. The van der Waals surface area contributed by atoms with Gasteiger partial charge in [-0.05, 0) is 25.1 Å². The van der Waals surface area contributed by atoms with Crippen molar-refractivity contribution in [3.8, 4) is 0 Å². The fraction of sp³-hybridized carbons (Fsp3) is 0.222. The van der Waals surface area contributed by atoms with E-state index in [1.165, 1.54) is 18.2 Å². The van der Waals surface area contributed by atoms with Crippen LogP contribution in [0, 0.1) is 0 Å². The highest BCUT2D eigenvalue weighted by atomic mass is 79.9. The monoisotopic (exact) mass is 325 g/mol. The Labute approximate surface area is 107 Å². The molecule has 1 aromatic carbocycles. The number of hydrogen-bond acceptors (Lipinski definition) is 3. The average molecular weight is 327 g/mol. The first-order valence-electron chi connectivity index (χ1n) is 4.38. The van der Waals surface area contributed by atoms with Crippen molar-refractivity contribution in [1.82, 2.24) is 5.32 Å². The molecule has 1 amide bonds. The summed E-state index contributed by atoms with van der Waals surface area (Å²) in [5, 5.41) is 2.57. The molecular formula is C9H9BrClNO3S. The first-order chi connectivity index (χ1) is 7.34. The van der Waals surface area contributed by atoms with Crippen molar-refractivity contribution in [3.63, 3.8) is 0 Å². The average Bonchev–Trinajstić information content (AvgIpc) is 2.16. The number of carbonyl (C=O) groups is 1. The zero-order chi connectivity index (χ0) is 12.3. The topological polar surface area (TPSA) is 63.2 Å². The minimum absolute atomic E-state index is 0.107. The van der Waals surface area contributed by atoms with Gasteiger partial charge in [0.1, 0.15) is 0 Å². The maximum absolute atomic E-state index is 11.5. The third kappa shape index (κ3) is 3.47. The Balaban J connectivity index is 3.24. The Hall–Kier alpha value is -0.590. The summed E-state index contributed by atoms with van der Waals surface area (Å²) in [5.74, 6) is -0.342. The van der Waals surface area contributed by atoms with E-state index in [0.717, 1.165) is 0 Å². The van der Waals surface area contributed by atoms with Gasteiger partial charge in [0, 0.05) is 27.3 Å². The molecule has 0 saturated heterocycles. The summed E-state index contributed by atoms with van der Waals surface area (Å²) in [5.41, 5.74) is 0.246. The van der Waals surface area contributed by atoms with E-state index in [4.69, 9.17) is 10.7 Å². The summed E-state index contributed by atoms with van der Waals surface area (Å²) in [6.07, 6.45) is 0. The predicted molar refractivity (Wildman–Crippen MR) is 65.2 cm³/mol. The number of carbonyl (C=O) groups excluding carboxylic acids is 1. The Bertz CT molecular complexity index is 515. The third-order valence-corrected chi connectivity index (χ3v) is 3.54. The normalized spacial score (nSPS) is 11.2. The van der Waals surface area contributed by atoms with Crippen molar-refractivity contribution in [2.75, 3.05) is 6.54 Å². The zero-order valence-corrected chi connectivity index (χ0v) is 11.5. The summed E-state index contributed by atoms with van der Waals surface area (Å²) in [6, 6.07) is 4.10. The molecule has 4 nitrogen and oxygen atoms in total. The molecule has 0 aromatic heterocycles. The highest BCUT2D eigenvalue weighted by molar-refractivity contribution is 9.10. The molecule has 0 heterocycles. The third-order valence-electron chi connectivity index (χ3n) is 1.75. The molecule has 1 N–H and O–H groups in total. The molecule has 7 heteroatoms. The molecule has 0 aliphatic heterocycles. The lowest BCUT2D eigenvalue weighted by Gasteiger charge is -2.04. The van der Waals surface area contributed by atoms with Gasteiger partial charge in [-0.15, -0.1) is 0 Å². The quantitative estimate of drug-likeness (QED) is 0.866. The van der Waals surface area contributed by atoms with E-state index in [9.17, 15) is 13.2 Å². The Morgan fingerprint density at radius 2 is 2.06 bits per heavy atom. The molecule has 0 fully saturated rings. The maximum atomic E-state index is 11.5. The van der Waals surface area contributed by atoms with Crippen LogP contribution >= 0.6 is 26.6 Å². The number of amides is 1. The van der Waals surface area contributed by atoms with Gasteiger partial charge in [0.15, 0.2) is 0 Å². The lowest BCUT2D eigenvalue weighted by Crippen LogP contribution is -2.22.